The minimum absolute atomic E-state index is 0.170. The van der Waals surface area contributed by atoms with Gasteiger partial charge < -0.3 is 40.3 Å². The average Bonchev–Trinajstić information content (AvgIpc) is 3.43. The zero-order valence-electron chi connectivity index (χ0n) is 51.0. The maximum absolute atomic E-state index is 13.1. The molecule has 456 valence electrons. The summed E-state index contributed by atoms with van der Waals surface area (Å²) >= 11 is 0. The number of carbonyl (C=O) groups is 1. The van der Waals surface area contributed by atoms with E-state index in [0.717, 1.165) is 38.5 Å². The molecule has 0 aliphatic carbocycles. The first kappa shape index (κ1) is 73.7. The molecule has 1 fully saturated rings. The van der Waals surface area contributed by atoms with E-state index in [1.165, 1.54) is 289 Å². The smallest absolute Gasteiger partial charge is 0.220 e. The fraction of sp³-hybridized carbons (Fsp3) is 0.926. The lowest BCUT2D eigenvalue weighted by Gasteiger charge is -2.40. The minimum Gasteiger partial charge on any atom is -0.394 e. The molecule has 7 atom stereocenters. The largest absolute Gasteiger partial charge is 0.394 e. The van der Waals surface area contributed by atoms with Crippen LogP contribution in [0.15, 0.2) is 24.3 Å². The number of unbranched alkanes of at least 4 members (excludes halogenated alkanes) is 48. The fourth-order valence-electron chi connectivity index (χ4n) is 11.2. The Labute approximate surface area is 477 Å². The van der Waals surface area contributed by atoms with Crippen molar-refractivity contribution in [1.82, 2.24) is 5.32 Å². The molecule has 9 heteroatoms. The van der Waals surface area contributed by atoms with Crippen LogP contribution in [0.25, 0.3) is 0 Å². The number of aliphatic hydroxyl groups excluding tert-OH is 5. The summed E-state index contributed by atoms with van der Waals surface area (Å²) in [6, 6.07) is -0.801. The van der Waals surface area contributed by atoms with Crippen molar-refractivity contribution in [2.75, 3.05) is 13.2 Å². The van der Waals surface area contributed by atoms with Crippen LogP contribution in [0.4, 0.5) is 0 Å². The molecule has 1 rings (SSSR count). The van der Waals surface area contributed by atoms with Gasteiger partial charge in [0.15, 0.2) is 6.29 Å². The Kier molecular flexibility index (Phi) is 55.4. The van der Waals surface area contributed by atoms with Crippen LogP contribution in [-0.4, -0.2) is 87.5 Å². The lowest BCUT2D eigenvalue weighted by molar-refractivity contribution is -0.302. The van der Waals surface area contributed by atoms with Crippen LogP contribution >= 0.6 is 0 Å². The topological polar surface area (TPSA) is 149 Å². The van der Waals surface area contributed by atoms with Crippen LogP contribution in [-0.2, 0) is 14.3 Å². The number of nitrogens with one attached hydrogen (secondary N) is 1. The monoisotopic (exact) mass is 1090 g/mol. The Morgan fingerprint density at radius 2 is 0.727 bits per heavy atom. The van der Waals surface area contributed by atoms with Crippen molar-refractivity contribution >= 4 is 5.91 Å². The average molecular weight is 1090 g/mol. The van der Waals surface area contributed by atoms with Crippen molar-refractivity contribution in [2.45, 2.75) is 391 Å². The highest BCUT2D eigenvalue weighted by molar-refractivity contribution is 5.76. The summed E-state index contributed by atoms with van der Waals surface area (Å²) in [7, 11) is 0. The second kappa shape index (κ2) is 57.9. The quantitative estimate of drug-likeness (QED) is 0.0261. The van der Waals surface area contributed by atoms with Crippen molar-refractivity contribution in [3.05, 3.63) is 24.3 Å². The van der Waals surface area contributed by atoms with Crippen LogP contribution in [0, 0.1) is 0 Å². The van der Waals surface area contributed by atoms with E-state index >= 15 is 0 Å². The predicted molar refractivity (Wildman–Crippen MR) is 327 cm³/mol. The van der Waals surface area contributed by atoms with Gasteiger partial charge in [-0.05, 0) is 44.9 Å². The lowest BCUT2D eigenvalue weighted by atomic mass is 9.99. The second-order valence-electron chi connectivity index (χ2n) is 24.0. The molecule has 0 spiro atoms. The lowest BCUT2D eigenvalue weighted by Crippen LogP contribution is -2.60. The van der Waals surface area contributed by atoms with Crippen molar-refractivity contribution in [2.24, 2.45) is 0 Å². The summed E-state index contributed by atoms with van der Waals surface area (Å²) in [4.78, 5) is 13.1. The summed E-state index contributed by atoms with van der Waals surface area (Å²) in [5.74, 6) is -0.170. The van der Waals surface area contributed by atoms with Crippen molar-refractivity contribution in [3.63, 3.8) is 0 Å². The normalized spacial score (nSPS) is 18.8. The molecule has 77 heavy (non-hydrogen) atoms. The molecule has 6 N–H and O–H groups in total. The van der Waals surface area contributed by atoms with Gasteiger partial charge in [-0.25, -0.2) is 0 Å². The number of carbonyl (C=O) groups excluding carboxylic acids is 1. The van der Waals surface area contributed by atoms with Gasteiger partial charge in [-0.2, -0.15) is 0 Å². The third-order valence-electron chi connectivity index (χ3n) is 16.5. The molecular weight excluding hydrogens is 959 g/mol. The van der Waals surface area contributed by atoms with Crippen LogP contribution in [0.3, 0.4) is 0 Å². The van der Waals surface area contributed by atoms with E-state index in [1.807, 2.05) is 6.08 Å². The summed E-state index contributed by atoms with van der Waals surface area (Å²) in [5, 5.41) is 54.6. The van der Waals surface area contributed by atoms with Crippen LogP contribution in [0.5, 0.6) is 0 Å². The maximum Gasteiger partial charge on any atom is 0.220 e. The SMILES string of the molecule is CCCCCCCCCC/C=C\CCCCCCCCCCCCCCCCCCCCCCCCCCCCCC(=O)NC(COC1OC(CO)C(O)C(O)C1O)C(O)/C=C/CCCCCCCCCCCCCCC. The van der Waals surface area contributed by atoms with E-state index in [1.54, 1.807) is 6.08 Å². The van der Waals surface area contributed by atoms with Gasteiger partial charge >= 0.3 is 0 Å². The number of rotatable bonds is 60. The Morgan fingerprint density at radius 1 is 0.429 bits per heavy atom. The molecule has 0 aromatic carbocycles. The second-order valence-corrected chi connectivity index (χ2v) is 24.0. The Bertz CT molecular complexity index is 1260. The molecule has 0 bridgehead atoms. The van der Waals surface area contributed by atoms with Gasteiger partial charge in [0, 0.05) is 6.42 Å². The Balaban J connectivity index is 2.02. The number of ether oxygens (including phenoxy) is 2. The molecule has 1 aliphatic heterocycles. The number of hydrogen-bond donors (Lipinski definition) is 6. The van der Waals surface area contributed by atoms with E-state index in [-0.39, 0.29) is 12.5 Å². The van der Waals surface area contributed by atoms with Gasteiger partial charge in [0.25, 0.3) is 0 Å². The molecule has 1 aliphatic rings. The summed E-state index contributed by atoms with van der Waals surface area (Å²) in [5.41, 5.74) is 0. The van der Waals surface area contributed by atoms with Gasteiger partial charge in [0.1, 0.15) is 24.4 Å². The summed E-state index contributed by atoms with van der Waals surface area (Å²) < 4.78 is 11.3. The first-order valence-corrected chi connectivity index (χ1v) is 34.1. The number of allylic oxidation sites excluding steroid dienone is 3. The van der Waals surface area contributed by atoms with Gasteiger partial charge in [-0.1, -0.05) is 321 Å². The van der Waals surface area contributed by atoms with E-state index in [4.69, 9.17) is 9.47 Å². The van der Waals surface area contributed by atoms with Gasteiger partial charge in [0.05, 0.1) is 25.4 Å². The van der Waals surface area contributed by atoms with Gasteiger partial charge in [-0.15, -0.1) is 0 Å². The molecule has 0 aromatic heterocycles. The van der Waals surface area contributed by atoms with Gasteiger partial charge in [0.2, 0.25) is 5.91 Å². The molecule has 1 amide bonds. The molecule has 1 saturated heterocycles. The third kappa shape index (κ3) is 46.9. The summed E-state index contributed by atoms with van der Waals surface area (Å²) in [6.45, 7) is 3.82. The fourth-order valence-corrected chi connectivity index (χ4v) is 11.2. The molecule has 0 aromatic rings. The van der Waals surface area contributed by atoms with E-state index in [9.17, 15) is 30.3 Å². The first-order chi connectivity index (χ1) is 37.8. The highest BCUT2D eigenvalue weighted by Gasteiger charge is 2.44. The predicted octanol–water partition coefficient (Wildman–Crippen LogP) is 18.1. The Morgan fingerprint density at radius 3 is 1.05 bits per heavy atom. The van der Waals surface area contributed by atoms with E-state index < -0.39 is 49.5 Å². The molecule has 7 unspecified atom stereocenters. The molecule has 0 saturated carbocycles. The minimum atomic E-state index is -1.56. The molecule has 9 nitrogen and oxygen atoms in total. The summed E-state index contributed by atoms with van der Waals surface area (Å²) in [6.07, 6.45) is 68.7. The van der Waals surface area contributed by atoms with E-state index in [0.29, 0.717) is 6.42 Å². The highest BCUT2D eigenvalue weighted by Crippen LogP contribution is 2.23. The molecular formula is C68H131NO8. The highest BCUT2D eigenvalue weighted by atomic mass is 16.7. The van der Waals surface area contributed by atoms with Crippen LogP contribution < -0.4 is 5.32 Å². The number of amides is 1. The van der Waals surface area contributed by atoms with Crippen LogP contribution in [0.2, 0.25) is 0 Å². The first-order valence-electron chi connectivity index (χ1n) is 34.1. The van der Waals surface area contributed by atoms with Gasteiger partial charge in [-0.3, -0.25) is 4.79 Å². The third-order valence-corrected chi connectivity index (χ3v) is 16.5. The molecule has 0 radical (unpaired) electrons. The van der Waals surface area contributed by atoms with Crippen molar-refractivity contribution in [3.8, 4) is 0 Å². The standard InChI is InChI=1S/C68H131NO8/c1-3-5-7-9-11-13-15-17-19-20-21-22-23-24-25-26-27-28-29-30-31-32-33-34-35-36-37-38-39-40-41-42-44-46-48-50-52-54-56-58-64(72)69-61(60-76-68-67(75)66(74)65(73)63(59-70)77-68)62(71)57-55-53-51-49-47-45-43-18-16-14-12-10-8-6-4-2/h20-21,55,57,61-63,65-68,70-71,73-75H,3-19,22-54,56,58-60H2,1-2H3,(H,69,72)/b21-20-,57-55+. The van der Waals surface area contributed by atoms with E-state index in [2.05, 4.69) is 31.3 Å². The molecule has 1 heterocycles. The van der Waals surface area contributed by atoms with Crippen molar-refractivity contribution in [1.29, 1.82) is 0 Å². The zero-order chi connectivity index (χ0) is 55.8. The number of hydrogen-bond acceptors (Lipinski definition) is 8. The van der Waals surface area contributed by atoms with Crippen LogP contribution in [0.1, 0.15) is 348 Å². The Hall–Kier alpha value is -1.33. The maximum atomic E-state index is 13.1. The zero-order valence-corrected chi connectivity index (χ0v) is 51.0. The number of aliphatic hydroxyl groups is 5. The van der Waals surface area contributed by atoms with Crippen molar-refractivity contribution < 1.29 is 39.8 Å².